The van der Waals surface area contributed by atoms with Crippen LogP contribution in [0.2, 0.25) is 0 Å². The molecule has 2 rings (SSSR count). The van der Waals surface area contributed by atoms with E-state index in [1.54, 1.807) is 36.2 Å². The fourth-order valence-electron chi connectivity index (χ4n) is 2.72. The Morgan fingerprint density at radius 3 is 2.55 bits per heavy atom. The van der Waals surface area contributed by atoms with Gasteiger partial charge < -0.3 is 14.7 Å². The number of hydrogen-bond acceptors (Lipinski definition) is 3. The van der Waals surface area contributed by atoms with Crippen LogP contribution < -0.4 is 0 Å². The van der Waals surface area contributed by atoms with E-state index in [-0.39, 0.29) is 23.5 Å². The third-order valence-electron chi connectivity index (χ3n) is 3.89. The van der Waals surface area contributed by atoms with E-state index in [4.69, 9.17) is 9.84 Å². The summed E-state index contributed by atoms with van der Waals surface area (Å²) in [5.74, 6) is -1.10. The number of rotatable bonds is 5. The number of carboxylic acids is 1. The Morgan fingerprint density at radius 2 is 2.00 bits per heavy atom. The van der Waals surface area contributed by atoms with Crippen molar-refractivity contribution in [2.45, 2.75) is 26.0 Å². The van der Waals surface area contributed by atoms with E-state index in [0.29, 0.717) is 19.6 Å². The maximum Gasteiger partial charge on any atom is 0.335 e. The Morgan fingerprint density at radius 1 is 1.36 bits per heavy atom. The minimum absolute atomic E-state index is 0.0350. The summed E-state index contributed by atoms with van der Waals surface area (Å²) in [7, 11) is 1.75. The second-order valence-electron chi connectivity index (χ2n) is 5.73. The molecule has 5 nitrogen and oxygen atoms in total. The Kier molecular flexibility index (Phi) is 4.98. The molecule has 0 unspecified atom stereocenters. The molecule has 0 bridgehead atoms. The number of benzene rings is 1. The van der Waals surface area contributed by atoms with Gasteiger partial charge in [-0.3, -0.25) is 4.79 Å². The van der Waals surface area contributed by atoms with Crippen molar-refractivity contribution >= 4 is 11.9 Å². The summed E-state index contributed by atoms with van der Waals surface area (Å²) in [4.78, 5) is 25.0. The van der Waals surface area contributed by atoms with Crippen molar-refractivity contribution in [3.8, 4) is 0 Å². The largest absolute Gasteiger partial charge is 0.478 e. The summed E-state index contributed by atoms with van der Waals surface area (Å²) in [6.45, 7) is 6.78. The molecule has 1 heterocycles. The van der Waals surface area contributed by atoms with Crippen LogP contribution in [0.15, 0.2) is 36.4 Å². The van der Waals surface area contributed by atoms with Crippen LogP contribution in [0.5, 0.6) is 0 Å². The van der Waals surface area contributed by atoms with Gasteiger partial charge in [-0.1, -0.05) is 24.3 Å². The number of carboxylic acid groups (broad SMARTS) is 1. The summed E-state index contributed by atoms with van der Waals surface area (Å²) in [6, 6.07) is 6.56. The molecule has 0 saturated carbocycles. The highest BCUT2D eigenvalue weighted by Crippen LogP contribution is 2.27. The van der Waals surface area contributed by atoms with E-state index in [0.717, 1.165) is 11.1 Å². The summed E-state index contributed by atoms with van der Waals surface area (Å²) >= 11 is 0. The Hall–Kier alpha value is -2.14. The molecular formula is C17H21NO4. The van der Waals surface area contributed by atoms with E-state index in [1.165, 1.54) is 0 Å². The van der Waals surface area contributed by atoms with E-state index < -0.39 is 5.97 Å². The van der Waals surface area contributed by atoms with Gasteiger partial charge in [0.25, 0.3) is 0 Å². The molecule has 1 N–H and O–H groups in total. The van der Waals surface area contributed by atoms with Gasteiger partial charge in [0.2, 0.25) is 5.91 Å². The average molecular weight is 303 g/mol. The van der Waals surface area contributed by atoms with Crippen LogP contribution >= 0.6 is 0 Å². The molecule has 1 aromatic rings. The first kappa shape index (κ1) is 16.2. The Bertz CT molecular complexity index is 579. The first-order valence-corrected chi connectivity index (χ1v) is 7.24. The third-order valence-corrected chi connectivity index (χ3v) is 3.89. The van der Waals surface area contributed by atoms with E-state index in [2.05, 4.69) is 6.58 Å². The molecule has 1 fully saturated rings. The molecular weight excluding hydrogens is 282 g/mol. The van der Waals surface area contributed by atoms with Crippen molar-refractivity contribution < 1.29 is 19.4 Å². The van der Waals surface area contributed by atoms with Gasteiger partial charge in [-0.2, -0.15) is 0 Å². The fraction of sp³-hybridized carbons (Fsp3) is 0.412. The van der Waals surface area contributed by atoms with Crippen molar-refractivity contribution in [3.05, 3.63) is 47.5 Å². The van der Waals surface area contributed by atoms with Gasteiger partial charge in [0.1, 0.15) is 0 Å². The summed E-state index contributed by atoms with van der Waals surface area (Å²) in [6.07, 6.45) is 0.503. The highest BCUT2D eigenvalue weighted by molar-refractivity contribution is 5.87. The average Bonchev–Trinajstić information content (AvgIpc) is 2.96. The van der Waals surface area contributed by atoms with Crippen molar-refractivity contribution in [1.29, 1.82) is 0 Å². The second kappa shape index (κ2) is 6.75. The number of amides is 1. The predicted molar refractivity (Wildman–Crippen MR) is 82.5 cm³/mol. The van der Waals surface area contributed by atoms with Crippen LogP contribution in [0.4, 0.5) is 0 Å². The van der Waals surface area contributed by atoms with Crippen molar-refractivity contribution in [1.82, 2.24) is 4.90 Å². The lowest BCUT2D eigenvalue weighted by Crippen LogP contribution is -2.36. The molecule has 5 heteroatoms. The first-order chi connectivity index (χ1) is 10.4. The van der Waals surface area contributed by atoms with Crippen LogP contribution in [-0.2, 0) is 16.1 Å². The smallest absolute Gasteiger partial charge is 0.335 e. The fourth-order valence-corrected chi connectivity index (χ4v) is 2.72. The van der Waals surface area contributed by atoms with E-state index in [1.807, 2.05) is 6.92 Å². The SMILES string of the molecule is C=C(C)[C@H]1OCC[C@H]1C(=O)N(C)Cc1ccc(C(=O)O)cc1. The predicted octanol–water partition coefficient (Wildman–Crippen LogP) is 2.32. The molecule has 1 saturated heterocycles. The van der Waals surface area contributed by atoms with Crippen LogP contribution in [0.3, 0.4) is 0 Å². The number of carbonyl (C=O) groups is 2. The highest BCUT2D eigenvalue weighted by Gasteiger charge is 2.36. The third kappa shape index (κ3) is 3.54. The highest BCUT2D eigenvalue weighted by atomic mass is 16.5. The van der Waals surface area contributed by atoms with Gasteiger partial charge >= 0.3 is 5.97 Å². The lowest BCUT2D eigenvalue weighted by atomic mass is 9.95. The van der Waals surface area contributed by atoms with Crippen LogP contribution in [0.25, 0.3) is 0 Å². The number of carbonyl (C=O) groups excluding carboxylic acids is 1. The standard InChI is InChI=1S/C17H21NO4/c1-11(2)15-14(8-9-22-15)16(19)18(3)10-12-4-6-13(7-5-12)17(20)21/h4-7,14-15H,1,8-10H2,2-3H3,(H,20,21)/t14-,15-/m1/s1. The maximum atomic E-state index is 12.6. The minimum Gasteiger partial charge on any atom is -0.478 e. The topological polar surface area (TPSA) is 66.8 Å². The summed E-state index contributed by atoms with van der Waals surface area (Å²) in [5, 5.41) is 8.88. The summed E-state index contributed by atoms with van der Waals surface area (Å²) in [5.41, 5.74) is 2.01. The van der Waals surface area contributed by atoms with Gasteiger partial charge in [0.15, 0.2) is 0 Å². The van der Waals surface area contributed by atoms with Crippen molar-refractivity contribution in [2.75, 3.05) is 13.7 Å². The number of ether oxygens (including phenoxy) is 1. The number of hydrogen-bond donors (Lipinski definition) is 1. The van der Waals surface area contributed by atoms with Gasteiger partial charge in [0, 0.05) is 20.2 Å². The quantitative estimate of drug-likeness (QED) is 0.848. The van der Waals surface area contributed by atoms with Gasteiger partial charge in [-0.15, -0.1) is 0 Å². The van der Waals surface area contributed by atoms with Crippen LogP contribution in [-0.4, -0.2) is 41.6 Å². The maximum absolute atomic E-state index is 12.6. The lowest BCUT2D eigenvalue weighted by Gasteiger charge is -2.24. The zero-order valence-electron chi connectivity index (χ0n) is 12.9. The number of nitrogens with zero attached hydrogens (tertiary/aromatic N) is 1. The molecule has 0 aromatic heterocycles. The molecule has 0 spiro atoms. The van der Waals surface area contributed by atoms with Crippen LogP contribution in [0, 0.1) is 5.92 Å². The lowest BCUT2D eigenvalue weighted by molar-refractivity contribution is -0.135. The van der Waals surface area contributed by atoms with Gasteiger partial charge in [-0.05, 0) is 31.0 Å². The minimum atomic E-state index is -0.955. The van der Waals surface area contributed by atoms with Gasteiger partial charge in [0.05, 0.1) is 17.6 Å². The normalized spacial score (nSPS) is 20.6. The first-order valence-electron chi connectivity index (χ1n) is 7.24. The second-order valence-corrected chi connectivity index (χ2v) is 5.73. The molecule has 1 aliphatic rings. The molecule has 1 amide bonds. The molecule has 1 aromatic carbocycles. The molecule has 22 heavy (non-hydrogen) atoms. The molecule has 0 aliphatic carbocycles. The summed E-state index contributed by atoms with van der Waals surface area (Å²) < 4.78 is 5.58. The molecule has 2 atom stereocenters. The monoisotopic (exact) mass is 303 g/mol. The molecule has 118 valence electrons. The van der Waals surface area contributed by atoms with Crippen molar-refractivity contribution in [3.63, 3.8) is 0 Å². The van der Waals surface area contributed by atoms with Gasteiger partial charge in [-0.25, -0.2) is 4.79 Å². The Labute approximate surface area is 130 Å². The number of aromatic carboxylic acids is 1. The van der Waals surface area contributed by atoms with E-state index in [9.17, 15) is 9.59 Å². The van der Waals surface area contributed by atoms with Crippen molar-refractivity contribution in [2.24, 2.45) is 5.92 Å². The van der Waals surface area contributed by atoms with E-state index >= 15 is 0 Å². The molecule has 0 radical (unpaired) electrons. The zero-order chi connectivity index (χ0) is 16.3. The molecule has 1 aliphatic heterocycles. The van der Waals surface area contributed by atoms with Crippen LogP contribution in [0.1, 0.15) is 29.3 Å². The Balaban J connectivity index is 2.02. The zero-order valence-corrected chi connectivity index (χ0v) is 12.9.